The summed E-state index contributed by atoms with van der Waals surface area (Å²) in [7, 11) is 0. The summed E-state index contributed by atoms with van der Waals surface area (Å²) in [6.07, 6.45) is -0.927. The number of nitrogens with zero attached hydrogens (tertiary/aromatic N) is 1. The lowest BCUT2D eigenvalue weighted by molar-refractivity contribution is 0.0320. The number of esters is 1. The fourth-order valence-electron chi connectivity index (χ4n) is 3.25. The first-order valence-electron chi connectivity index (χ1n) is 9.59. The molecule has 0 bridgehead atoms. The highest BCUT2D eigenvalue weighted by Gasteiger charge is 2.22. The van der Waals surface area contributed by atoms with Crippen LogP contribution in [0.25, 0.3) is 22.2 Å². The molecule has 0 aliphatic rings. The molecule has 154 valence electrons. The predicted molar refractivity (Wildman–Crippen MR) is 126 cm³/mol. The van der Waals surface area contributed by atoms with Gasteiger partial charge in [-0.25, -0.2) is 9.78 Å². The molecule has 1 heterocycles. The third-order valence-electron chi connectivity index (χ3n) is 4.84. The molecule has 3 aromatic carbocycles. The van der Waals surface area contributed by atoms with Gasteiger partial charge < -0.3 is 4.74 Å². The van der Waals surface area contributed by atoms with Gasteiger partial charge in [-0.2, -0.15) is 0 Å². The summed E-state index contributed by atoms with van der Waals surface area (Å²) in [4.78, 5) is 30.4. The number of aromatic nitrogens is 1. The number of rotatable bonds is 5. The lowest BCUT2D eigenvalue weighted by atomic mass is 10.0. The van der Waals surface area contributed by atoms with E-state index in [1.54, 1.807) is 49.4 Å². The van der Waals surface area contributed by atoms with Gasteiger partial charge in [0, 0.05) is 26.0 Å². The molecular weight excluding hydrogens is 478 g/mol. The summed E-state index contributed by atoms with van der Waals surface area (Å²) >= 11 is 9.44. The molecular formula is C25H17BrClNO3. The Bertz CT molecular complexity index is 1270. The molecule has 6 heteroatoms. The van der Waals surface area contributed by atoms with Crippen LogP contribution in [0.4, 0.5) is 0 Å². The second-order valence-corrected chi connectivity index (χ2v) is 8.35. The zero-order valence-electron chi connectivity index (χ0n) is 16.5. The van der Waals surface area contributed by atoms with Crippen LogP contribution in [0.3, 0.4) is 0 Å². The lowest BCUT2D eigenvalue weighted by Crippen LogP contribution is -2.24. The fraction of sp³-hybridized carbons (Fsp3) is 0.0800. The first kappa shape index (κ1) is 21.2. The molecule has 0 amide bonds. The molecule has 0 N–H and O–H groups in total. The number of halogens is 2. The Labute approximate surface area is 193 Å². The summed E-state index contributed by atoms with van der Waals surface area (Å²) in [6.45, 7) is 1.58. The van der Waals surface area contributed by atoms with Crippen molar-refractivity contribution < 1.29 is 14.3 Å². The third-order valence-corrected chi connectivity index (χ3v) is 5.59. The largest absolute Gasteiger partial charge is 0.451 e. The molecule has 0 fully saturated rings. The molecule has 0 saturated heterocycles. The van der Waals surface area contributed by atoms with E-state index in [-0.39, 0.29) is 5.78 Å². The van der Waals surface area contributed by atoms with E-state index >= 15 is 0 Å². The van der Waals surface area contributed by atoms with Crippen LogP contribution < -0.4 is 0 Å². The average Bonchev–Trinajstić information content (AvgIpc) is 2.78. The number of carbonyl (C=O) groups is 2. The van der Waals surface area contributed by atoms with Gasteiger partial charge in [0.2, 0.25) is 5.78 Å². The van der Waals surface area contributed by atoms with Crippen molar-refractivity contribution in [3.63, 3.8) is 0 Å². The molecule has 4 nitrogen and oxygen atoms in total. The Hall–Kier alpha value is -3.02. The quantitative estimate of drug-likeness (QED) is 0.227. The molecule has 31 heavy (non-hydrogen) atoms. The maximum absolute atomic E-state index is 13.1. The number of pyridine rings is 1. The normalized spacial score (nSPS) is 11.8. The van der Waals surface area contributed by atoms with Crippen molar-refractivity contribution in [1.29, 1.82) is 0 Å². The van der Waals surface area contributed by atoms with Gasteiger partial charge in [-0.05, 0) is 43.3 Å². The second kappa shape index (κ2) is 9.00. The summed E-state index contributed by atoms with van der Waals surface area (Å²) in [5, 5.41) is 1.25. The Balaban J connectivity index is 1.72. The van der Waals surface area contributed by atoms with Gasteiger partial charge in [-0.15, -0.1) is 0 Å². The predicted octanol–water partition coefficient (Wildman–Crippen LogP) is 6.75. The van der Waals surface area contributed by atoms with Crippen molar-refractivity contribution in [3.05, 3.63) is 99.5 Å². The molecule has 1 atom stereocenters. The Morgan fingerprint density at radius 2 is 1.68 bits per heavy atom. The molecule has 0 saturated carbocycles. The Kier molecular flexibility index (Phi) is 6.16. The van der Waals surface area contributed by atoms with Crippen molar-refractivity contribution in [1.82, 2.24) is 4.98 Å². The van der Waals surface area contributed by atoms with Gasteiger partial charge in [-0.1, -0.05) is 70.0 Å². The van der Waals surface area contributed by atoms with Crippen molar-refractivity contribution in [2.24, 2.45) is 0 Å². The smallest absolute Gasteiger partial charge is 0.339 e. The van der Waals surface area contributed by atoms with E-state index in [1.807, 2.05) is 36.4 Å². The van der Waals surface area contributed by atoms with E-state index in [0.717, 1.165) is 10.0 Å². The minimum absolute atomic E-state index is 0.258. The number of fused-ring (bicyclic) bond motifs is 1. The van der Waals surface area contributed by atoms with Crippen molar-refractivity contribution in [2.75, 3.05) is 0 Å². The van der Waals surface area contributed by atoms with E-state index in [4.69, 9.17) is 16.3 Å². The number of ketones is 1. The number of hydrogen-bond donors (Lipinski definition) is 0. The van der Waals surface area contributed by atoms with Crippen LogP contribution in [0.5, 0.6) is 0 Å². The Morgan fingerprint density at radius 1 is 0.968 bits per heavy atom. The molecule has 4 rings (SSSR count). The number of hydrogen-bond acceptors (Lipinski definition) is 4. The number of benzene rings is 3. The van der Waals surface area contributed by atoms with Crippen LogP contribution >= 0.6 is 27.5 Å². The minimum Gasteiger partial charge on any atom is -0.451 e. The SMILES string of the molecule is C[C@@H](OC(=O)c1cc(-c2ccc(Cl)cc2)nc2ccc(Br)cc12)C(=O)c1ccccc1. The monoisotopic (exact) mass is 493 g/mol. The standard InChI is InChI=1S/C25H17BrClNO3/c1-15(24(29)17-5-3-2-4-6-17)31-25(30)21-14-23(16-7-10-19(27)11-8-16)28-22-12-9-18(26)13-20(21)22/h2-15H,1H3/t15-/m1/s1. The maximum Gasteiger partial charge on any atom is 0.339 e. The lowest BCUT2D eigenvalue weighted by Gasteiger charge is -2.14. The van der Waals surface area contributed by atoms with E-state index < -0.39 is 12.1 Å². The fourth-order valence-corrected chi connectivity index (χ4v) is 3.74. The summed E-state index contributed by atoms with van der Waals surface area (Å²) in [6, 6.07) is 23.2. The number of ether oxygens (including phenoxy) is 1. The first-order valence-corrected chi connectivity index (χ1v) is 10.8. The van der Waals surface area contributed by atoms with Crippen LogP contribution in [0.15, 0.2) is 83.3 Å². The topological polar surface area (TPSA) is 56.3 Å². The van der Waals surface area contributed by atoms with Gasteiger partial charge in [0.05, 0.1) is 16.8 Å². The van der Waals surface area contributed by atoms with Gasteiger partial charge in [0.15, 0.2) is 6.10 Å². The van der Waals surface area contributed by atoms with Crippen LogP contribution in [-0.4, -0.2) is 22.8 Å². The summed E-state index contributed by atoms with van der Waals surface area (Å²) in [5.74, 6) is -0.844. The summed E-state index contributed by atoms with van der Waals surface area (Å²) in [5.41, 5.74) is 2.90. The first-order chi connectivity index (χ1) is 14.9. The van der Waals surface area contributed by atoms with Crippen molar-refractivity contribution in [3.8, 4) is 11.3 Å². The highest BCUT2D eigenvalue weighted by Crippen LogP contribution is 2.28. The molecule has 1 aromatic heterocycles. The molecule has 0 unspecified atom stereocenters. The molecule has 0 spiro atoms. The van der Waals surface area contributed by atoms with Crippen LogP contribution in [-0.2, 0) is 4.74 Å². The third kappa shape index (κ3) is 4.68. The molecule has 4 aromatic rings. The van der Waals surface area contributed by atoms with Gasteiger partial charge >= 0.3 is 5.97 Å². The highest BCUT2D eigenvalue weighted by molar-refractivity contribution is 9.10. The van der Waals surface area contributed by atoms with Crippen LogP contribution in [0, 0.1) is 0 Å². The minimum atomic E-state index is -0.927. The number of carbonyl (C=O) groups excluding carboxylic acids is 2. The van der Waals surface area contributed by atoms with E-state index in [1.165, 1.54) is 0 Å². The van der Waals surface area contributed by atoms with Crippen LogP contribution in [0.1, 0.15) is 27.6 Å². The maximum atomic E-state index is 13.1. The molecule has 0 radical (unpaired) electrons. The van der Waals surface area contributed by atoms with Crippen LogP contribution in [0.2, 0.25) is 5.02 Å². The average molecular weight is 495 g/mol. The zero-order chi connectivity index (χ0) is 22.0. The Morgan fingerprint density at radius 3 is 2.39 bits per heavy atom. The van der Waals surface area contributed by atoms with Gasteiger partial charge in [0.1, 0.15) is 0 Å². The van der Waals surface area contributed by atoms with E-state index in [0.29, 0.717) is 32.7 Å². The van der Waals surface area contributed by atoms with Crippen molar-refractivity contribution in [2.45, 2.75) is 13.0 Å². The van der Waals surface area contributed by atoms with Crippen molar-refractivity contribution >= 4 is 50.2 Å². The van der Waals surface area contributed by atoms with Gasteiger partial charge in [0.25, 0.3) is 0 Å². The second-order valence-electron chi connectivity index (χ2n) is 7.00. The number of Topliss-reactive ketones (excluding diaryl/α,β-unsaturated/α-hetero) is 1. The van der Waals surface area contributed by atoms with E-state index in [9.17, 15) is 9.59 Å². The molecule has 0 aliphatic heterocycles. The molecule has 0 aliphatic carbocycles. The highest BCUT2D eigenvalue weighted by atomic mass is 79.9. The van der Waals surface area contributed by atoms with E-state index in [2.05, 4.69) is 20.9 Å². The summed E-state index contributed by atoms with van der Waals surface area (Å²) < 4.78 is 6.37. The van der Waals surface area contributed by atoms with Gasteiger partial charge in [-0.3, -0.25) is 4.79 Å². The zero-order valence-corrected chi connectivity index (χ0v) is 18.9.